The zero-order valence-electron chi connectivity index (χ0n) is 9.78. The van der Waals surface area contributed by atoms with Crippen molar-refractivity contribution in [2.45, 2.75) is 12.5 Å². The van der Waals surface area contributed by atoms with Crippen molar-refractivity contribution in [2.75, 3.05) is 5.32 Å². The Balaban J connectivity index is 2.14. The standard InChI is InChI=1S/C16H12ClN/c17-11-6-8-14-13(9-11)16-12-4-2-1-3-10(12)5-7-15(16)18-14/h1-6,8-9,15,18H,7H2. The zero-order valence-corrected chi connectivity index (χ0v) is 10.5. The second-order valence-corrected chi connectivity index (χ2v) is 5.26. The summed E-state index contributed by atoms with van der Waals surface area (Å²) in [6.07, 6.45) is 3.35. The molecule has 1 atom stereocenters. The average Bonchev–Trinajstić information content (AvgIpc) is 2.77. The van der Waals surface area contributed by atoms with E-state index in [2.05, 4.69) is 47.8 Å². The highest BCUT2D eigenvalue weighted by molar-refractivity contribution is 6.31. The fourth-order valence-electron chi connectivity index (χ4n) is 2.99. The second kappa shape index (κ2) is 3.63. The third-order valence-corrected chi connectivity index (χ3v) is 4.01. The van der Waals surface area contributed by atoms with Gasteiger partial charge in [0.25, 0.3) is 0 Å². The van der Waals surface area contributed by atoms with Gasteiger partial charge < -0.3 is 5.32 Å². The van der Waals surface area contributed by atoms with Gasteiger partial charge in [0, 0.05) is 16.3 Å². The summed E-state index contributed by atoms with van der Waals surface area (Å²) in [5, 5.41) is 7.05. The summed E-state index contributed by atoms with van der Waals surface area (Å²) in [7, 11) is 0. The minimum Gasteiger partial charge on any atom is -0.377 e. The Morgan fingerprint density at radius 2 is 2.00 bits per heavy atom. The highest BCUT2D eigenvalue weighted by atomic mass is 35.5. The lowest BCUT2D eigenvalue weighted by molar-refractivity contribution is 0.949. The summed E-state index contributed by atoms with van der Waals surface area (Å²) < 4.78 is 0. The van der Waals surface area contributed by atoms with Crippen molar-refractivity contribution in [3.05, 3.63) is 63.5 Å². The van der Waals surface area contributed by atoms with Crippen LogP contribution in [0.25, 0.3) is 11.6 Å². The molecule has 1 N–H and O–H groups in total. The Morgan fingerprint density at radius 3 is 2.94 bits per heavy atom. The first kappa shape index (κ1) is 10.2. The molecule has 0 bridgehead atoms. The van der Waals surface area contributed by atoms with Crippen LogP contribution in [0.15, 0.2) is 42.5 Å². The number of hydrogen-bond donors (Lipinski definition) is 1. The van der Waals surface area contributed by atoms with Gasteiger partial charge in [-0.2, -0.15) is 0 Å². The molecule has 4 rings (SSSR count). The molecule has 0 aromatic heterocycles. The molecule has 0 spiro atoms. The molecule has 1 heterocycles. The van der Waals surface area contributed by atoms with Gasteiger partial charge in [-0.1, -0.05) is 41.9 Å². The van der Waals surface area contributed by atoms with Crippen LogP contribution in [0, 0.1) is 0 Å². The van der Waals surface area contributed by atoms with Crippen molar-refractivity contribution in [3.63, 3.8) is 0 Å². The Labute approximate surface area is 110 Å². The smallest absolute Gasteiger partial charge is 0.0561 e. The fourth-order valence-corrected chi connectivity index (χ4v) is 3.16. The first-order valence-corrected chi connectivity index (χ1v) is 6.56. The van der Waals surface area contributed by atoms with Crippen molar-refractivity contribution >= 4 is 28.9 Å². The molecule has 18 heavy (non-hydrogen) atoms. The minimum absolute atomic E-state index is 0.397. The summed E-state index contributed by atoms with van der Waals surface area (Å²) in [6, 6.07) is 15.1. The topological polar surface area (TPSA) is 12.0 Å². The van der Waals surface area contributed by atoms with Crippen LogP contribution in [-0.4, -0.2) is 6.04 Å². The molecule has 0 saturated carbocycles. The zero-order chi connectivity index (χ0) is 12.1. The third kappa shape index (κ3) is 1.34. The molecule has 2 aromatic rings. The summed E-state index contributed by atoms with van der Waals surface area (Å²) >= 11 is 6.13. The molecule has 1 aliphatic carbocycles. The van der Waals surface area contributed by atoms with E-state index in [1.165, 1.54) is 27.3 Å². The van der Waals surface area contributed by atoms with Crippen LogP contribution in [0.5, 0.6) is 0 Å². The van der Waals surface area contributed by atoms with Gasteiger partial charge in [-0.25, -0.2) is 0 Å². The predicted molar refractivity (Wildman–Crippen MR) is 76.1 cm³/mol. The van der Waals surface area contributed by atoms with E-state index in [4.69, 9.17) is 11.6 Å². The van der Waals surface area contributed by atoms with E-state index in [0.717, 1.165) is 11.4 Å². The third-order valence-electron chi connectivity index (χ3n) is 3.77. The van der Waals surface area contributed by atoms with E-state index in [1.807, 2.05) is 6.07 Å². The Kier molecular flexibility index (Phi) is 2.06. The maximum atomic E-state index is 6.13. The van der Waals surface area contributed by atoms with Gasteiger partial charge in [0.05, 0.1) is 6.04 Å². The SMILES string of the molecule is Clc1ccc2c(c1)C1=c3ccccc3=CCC1N2. The summed E-state index contributed by atoms with van der Waals surface area (Å²) in [5.74, 6) is 0. The summed E-state index contributed by atoms with van der Waals surface area (Å²) in [6.45, 7) is 0. The lowest BCUT2D eigenvalue weighted by atomic mass is 9.93. The molecule has 1 unspecified atom stereocenters. The van der Waals surface area contributed by atoms with Crippen LogP contribution in [0.2, 0.25) is 5.02 Å². The summed E-state index contributed by atoms with van der Waals surface area (Å²) in [5.41, 5.74) is 3.85. The van der Waals surface area contributed by atoms with Crippen LogP contribution in [0.3, 0.4) is 0 Å². The fraction of sp³-hybridized carbons (Fsp3) is 0.125. The van der Waals surface area contributed by atoms with Gasteiger partial charge >= 0.3 is 0 Å². The molecule has 0 radical (unpaired) electrons. The number of anilines is 1. The van der Waals surface area contributed by atoms with Crippen molar-refractivity contribution < 1.29 is 0 Å². The molecule has 88 valence electrons. The van der Waals surface area contributed by atoms with Gasteiger partial charge in [0.2, 0.25) is 0 Å². The molecular weight excluding hydrogens is 242 g/mol. The first-order chi connectivity index (χ1) is 8.83. The first-order valence-electron chi connectivity index (χ1n) is 6.19. The maximum Gasteiger partial charge on any atom is 0.0561 e. The number of halogens is 1. The number of benzene rings is 2. The van der Waals surface area contributed by atoms with Crippen molar-refractivity contribution in [2.24, 2.45) is 0 Å². The van der Waals surface area contributed by atoms with Crippen LogP contribution in [0.4, 0.5) is 5.69 Å². The Morgan fingerprint density at radius 1 is 1.11 bits per heavy atom. The van der Waals surface area contributed by atoms with E-state index in [1.54, 1.807) is 0 Å². The van der Waals surface area contributed by atoms with Crippen LogP contribution in [0.1, 0.15) is 12.0 Å². The molecule has 1 aliphatic heterocycles. The Bertz CT molecular complexity index is 761. The number of hydrogen-bond acceptors (Lipinski definition) is 1. The number of fused-ring (bicyclic) bond motifs is 4. The van der Waals surface area contributed by atoms with Gasteiger partial charge in [-0.05, 0) is 40.6 Å². The lowest BCUT2D eigenvalue weighted by Crippen LogP contribution is -2.35. The molecule has 0 saturated heterocycles. The monoisotopic (exact) mass is 253 g/mol. The van der Waals surface area contributed by atoms with Crippen molar-refractivity contribution in [1.29, 1.82) is 0 Å². The molecule has 0 amide bonds. The molecule has 1 nitrogen and oxygen atoms in total. The van der Waals surface area contributed by atoms with E-state index >= 15 is 0 Å². The van der Waals surface area contributed by atoms with Crippen LogP contribution < -0.4 is 15.8 Å². The van der Waals surface area contributed by atoms with E-state index < -0.39 is 0 Å². The van der Waals surface area contributed by atoms with Gasteiger partial charge in [0.15, 0.2) is 0 Å². The lowest BCUT2D eigenvalue weighted by Gasteiger charge is -2.15. The second-order valence-electron chi connectivity index (χ2n) is 4.83. The van der Waals surface area contributed by atoms with Crippen LogP contribution >= 0.6 is 11.6 Å². The van der Waals surface area contributed by atoms with E-state index in [9.17, 15) is 0 Å². The van der Waals surface area contributed by atoms with Gasteiger partial charge in [-0.3, -0.25) is 0 Å². The molecule has 0 fully saturated rings. The largest absolute Gasteiger partial charge is 0.377 e. The number of rotatable bonds is 0. The van der Waals surface area contributed by atoms with Crippen molar-refractivity contribution in [1.82, 2.24) is 0 Å². The number of nitrogens with one attached hydrogen (secondary N) is 1. The predicted octanol–water partition coefficient (Wildman–Crippen LogP) is 2.52. The minimum atomic E-state index is 0.397. The average molecular weight is 254 g/mol. The quantitative estimate of drug-likeness (QED) is 0.761. The normalized spacial score (nSPS) is 19.4. The Hall–Kier alpha value is -1.73. The molecule has 2 aliphatic rings. The van der Waals surface area contributed by atoms with Crippen LogP contribution in [-0.2, 0) is 0 Å². The molecule has 2 aromatic carbocycles. The highest BCUT2D eigenvalue weighted by Crippen LogP contribution is 2.37. The molecular formula is C16H12ClN. The van der Waals surface area contributed by atoms with Gasteiger partial charge in [-0.15, -0.1) is 0 Å². The van der Waals surface area contributed by atoms with Crippen molar-refractivity contribution in [3.8, 4) is 0 Å². The highest BCUT2D eigenvalue weighted by Gasteiger charge is 2.27. The maximum absolute atomic E-state index is 6.13. The van der Waals surface area contributed by atoms with Gasteiger partial charge in [0.1, 0.15) is 0 Å². The van der Waals surface area contributed by atoms with E-state index in [0.29, 0.717) is 6.04 Å². The molecule has 2 heteroatoms. The summed E-state index contributed by atoms with van der Waals surface area (Å²) in [4.78, 5) is 0. The van der Waals surface area contributed by atoms with E-state index in [-0.39, 0.29) is 0 Å².